The molecule has 1 aromatic heterocycles. The number of carbonyl (C=O) groups is 2. The largest absolute Gasteiger partial charge is 0.490 e. The molecule has 156 valence electrons. The minimum Gasteiger partial charge on any atom is -0.475 e. The van der Waals surface area contributed by atoms with Crippen LogP contribution in [0.25, 0.3) is 11.3 Å². The number of pyridine rings is 1. The highest BCUT2D eigenvalue weighted by atomic mass is 19.4. The van der Waals surface area contributed by atoms with Crippen LogP contribution in [0.5, 0.6) is 0 Å². The fourth-order valence-corrected chi connectivity index (χ4v) is 2.78. The van der Waals surface area contributed by atoms with E-state index in [1.54, 1.807) is 24.4 Å². The predicted molar refractivity (Wildman–Crippen MR) is 97.5 cm³/mol. The number of rotatable bonds is 4. The van der Waals surface area contributed by atoms with Gasteiger partial charge in [0.2, 0.25) is 5.91 Å². The minimum absolute atomic E-state index is 0.218. The molecule has 0 spiro atoms. The highest BCUT2D eigenvalue weighted by molar-refractivity contribution is 5.76. The Morgan fingerprint density at radius 2 is 1.69 bits per heavy atom. The Morgan fingerprint density at radius 1 is 1.07 bits per heavy atom. The molecule has 0 atom stereocenters. The monoisotopic (exact) mass is 412 g/mol. The van der Waals surface area contributed by atoms with Crippen LogP contribution >= 0.6 is 0 Å². The van der Waals surface area contributed by atoms with Crippen molar-refractivity contribution in [2.75, 3.05) is 13.1 Å². The molecule has 9 heteroatoms. The van der Waals surface area contributed by atoms with Crippen molar-refractivity contribution in [3.8, 4) is 11.3 Å². The topological polar surface area (TPSA) is 70.5 Å². The summed E-state index contributed by atoms with van der Waals surface area (Å²) in [7, 11) is 0. The van der Waals surface area contributed by atoms with Gasteiger partial charge in [0.25, 0.3) is 0 Å². The summed E-state index contributed by atoms with van der Waals surface area (Å²) in [6.07, 6.45) is 0.0783. The van der Waals surface area contributed by atoms with Gasteiger partial charge in [-0.05, 0) is 43.0 Å². The number of alkyl halides is 3. The molecule has 1 fully saturated rings. The first-order chi connectivity index (χ1) is 13.7. The van der Waals surface area contributed by atoms with E-state index in [2.05, 4.69) is 4.98 Å². The second-order valence-corrected chi connectivity index (χ2v) is 6.42. The van der Waals surface area contributed by atoms with Gasteiger partial charge < -0.3 is 10.0 Å². The quantitative estimate of drug-likeness (QED) is 0.769. The predicted octanol–water partition coefficient (Wildman–Crippen LogP) is 4.08. The minimum atomic E-state index is -5.08. The van der Waals surface area contributed by atoms with Crippen molar-refractivity contribution in [2.45, 2.75) is 31.9 Å². The highest BCUT2D eigenvalue weighted by Crippen LogP contribution is 2.21. The molecule has 1 saturated heterocycles. The van der Waals surface area contributed by atoms with E-state index >= 15 is 0 Å². The van der Waals surface area contributed by atoms with E-state index < -0.39 is 12.1 Å². The second-order valence-electron chi connectivity index (χ2n) is 6.42. The molecule has 1 amide bonds. The Kier molecular flexibility index (Phi) is 7.69. The molecule has 5 nitrogen and oxygen atoms in total. The molecular formula is C20H20F4N2O3. The first-order valence-electron chi connectivity index (χ1n) is 8.96. The molecule has 29 heavy (non-hydrogen) atoms. The van der Waals surface area contributed by atoms with Crippen molar-refractivity contribution >= 4 is 11.9 Å². The molecule has 0 saturated carbocycles. The molecule has 1 aromatic carbocycles. The van der Waals surface area contributed by atoms with Gasteiger partial charge in [0, 0.05) is 31.3 Å². The van der Waals surface area contributed by atoms with Crippen LogP contribution in [0.15, 0.2) is 42.6 Å². The Hall–Kier alpha value is -2.97. The smallest absolute Gasteiger partial charge is 0.475 e. The number of likely N-dealkylation sites (tertiary alicyclic amines) is 1. The van der Waals surface area contributed by atoms with Crippen molar-refractivity contribution in [2.24, 2.45) is 0 Å². The second kappa shape index (κ2) is 9.99. The van der Waals surface area contributed by atoms with Crippen molar-refractivity contribution in [3.63, 3.8) is 0 Å². The van der Waals surface area contributed by atoms with E-state index in [9.17, 15) is 22.4 Å². The van der Waals surface area contributed by atoms with E-state index in [1.807, 2.05) is 17.0 Å². The van der Waals surface area contributed by atoms with Gasteiger partial charge in [-0.2, -0.15) is 13.2 Å². The van der Waals surface area contributed by atoms with Gasteiger partial charge in [0.05, 0.1) is 5.69 Å². The lowest BCUT2D eigenvalue weighted by Crippen LogP contribution is -2.27. The fraction of sp³-hybridized carbons (Fsp3) is 0.350. The summed E-state index contributed by atoms with van der Waals surface area (Å²) in [5.41, 5.74) is 2.13. The number of aromatic nitrogens is 1. The van der Waals surface area contributed by atoms with Crippen LogP contribution in [0.4, 0.5) is 17.6 Å². The molecule has 3 rings (SSSR count). The normalized spacial score (nSPS) is 13.6. The van der Waals surface area contributed by atoms with E-state index in [0.29, 0.717) is 24.1 Å². The first kappa shape index (κ1) is 22.3. The summed E-state index contributed by atoms with van der Waals surface area (Å²) >= 11 is 0. The molecule has 0 radical (unpaired) electrons. The standard InChI is InChI=1S/C18H19FN2O.C2HF3O2/c19-16-6-2-1-5-15(16)17-9-7-14(13-20-17)8-10-18(22)21-11-3-4-12-21;3-2(4,5)1(6)7/h1-2,5-7,9,13H,3-4,8,10-12H2;(H,6,7). The summed E-state index contributed by atoms with van der Waals surface area (Å²) in [6, 6.07) is 10.3. The number of nitrogens with zero attached hydrogens (tertiary/aromatic N) is 2. The summed E-state index contributed by atoms with van der Waals surface area (Å²) < 4.78 is 45.4. The summed E-state index contributed by atoms with van der Waals surface area (Å²) in [5, 5.41) is 7.12. The molecule has 2 heterocycles. The Morgan fingerprint density at radius 3 is 2.21 bits per heavy atom. The summed E-state index contributed by atoms with van der Waals surface area (Å²) in [6.45, 7) is 1.78. The number of benzene rings is 1. The van der Waals surface area contributed by atoms with Gasteiger partial charge in [0.1, 0.15) is 5.82 Å². The zero-order valence-corrected chi connectivity index (χ0v) is 15.5. The van der Waals surface area contributed by atoms with Crippen LogP contribution in [-0.2, 0) is 16.0 Å². The van der Waals surface area contributed by atoms with Gasteiger partial charge in [-0.15, -0.1) is 0 Å². The van der Waals surface area contributed by atoms with E-state index in [4.69, 9.17) is 9.90 Å². The van der Waals surface area contributed by atoms with Crippen LogP contribution in [0.2, 0.25) is 0 Å². The van der Waals surface area contributed by atoms with Crippen molar-refractivity contribution in [1.82, 2.24) is 9.88 Å². The number of halogens is 4. The van der Waals surface area contributed by atoms with E-state index in [-0.39, 0.29) is 11.7 Å². The fourth-order valence-electron chi connectivity index (χ4n) is 2.78. The maximum Gasteiger partial charge on any atom is 0.490 e. The Balaban J connectivity index is 0.000000370. The number of carbonyl (C=O) groups excluding carboxylic acids is 1. The lowest BCUT2D eigenvalue weighted by Gasteiger charge is -2.14. The number of carboxylic acid groups (broad SMARTS) is 1. The molecule has 0 aliphatic carbocycles. The van der Waals surface area contributed by atoms with Crippen LogP contribution in [0, 0.1) is 5.82 Å². The molecular weight excluding hydrogens is 392 g/mol. The Bertz CT molecular complexity index is 832. The number of aliphatic carboxylic acids is 1. The van der Waals surface area contributed by atoms with Crippen molar-refractivity contribution in [1.29, 1.82) is 0 Å². The molecule has 0 unspecified atom stereocenters. The van der Waals surface area contributed by atoms with Crippen molar-refractivity contribution in [3.05, 3.63) is 54.0 Å². The highest BCUT2D eigenvalue weighted by Gasteiger charge is 2.38. The third-order valence-electron chi connectivity index (χ3n) is 4.30. The molecule has 2 aromatic rings. The Labute approximate surface area is 165 Å². The first-order valence-corrected chi connectivity index (χ1v) is 8.96. The van der Waals surface area contributed by atoms with Gasteiger partial charge in [-0.3, -0.25) is 9.78 Å². The number of hydrogen-bond acceptors (Lipinski definition) is 3. The van der Waals surface area contributed by atoms with E-state index in [0.717, 1.165) is 31.5 Å². The van der Waals surface area contributed by atoms with Gasteiger partial charge in [0.15, 0.2) is 0 Å². The maximum absolute atomic E-state index is 13.7. The number of hydrogen-bond donors (Lipinski definition) is 1. The average molecular weight is 412 g/mol. The SMILES string of the molecule is O=C(CCc1ccc(-c2ccccc2F)nc1)N1CCCC1.O=C(O)C(F)(F)F. The summed E-state index contributed by atoms with van der Waals surface area (Å²) in [4.78, 5) is 27.2. The average Bonchev–Trinajstić information content (AvgIpc) is 3.22. The summed E-state index contributed by atoms with van der Waals surface area (Å²) in [5.74, 6) is -2.81. The zero-order valence-electron chi connectivity index (χ0n) is 15.5. The number of amides is 1. The molecule has 1 aliphatic rings. The van der Waals surface area contributed by atoms with Crippen LogP contribution in [0.3, 0.4) is 0 Å². The van der Waals surface area contributed by atoms with Crippen LogP contribution in [-0.4, -0.2) is 46.1 Å². The number of aryl methyl sites for hydroxylation is 1. The van der Waals surface area contributed by atoms with E-state index in [1.165, 1.54) is 6.07 Å². The van der Waals surface area contributed by atoms with Crippen molar-refractivity contribution < 1.29 is 32.3 Å². The molecule has 1 N–H and O–H groups in total. The molecule has 0 bridgehead atoms. The number of carboxylic acids is 1. The van der Waals surface area contributed by atoms with Gasteiger partial charge in [-0.25, -0.2) is 9.18 Å². The zero-order chi connectivity index (χ0) is 21.4. The third kappa shape index (κ3) is 6.85. The maximum atomic E-state index is 13.7. The van der Waals surface area contributed by atoms with Crippen LogP contribution in [0.1, 0.15) is 24.8 Å². The van der Waals surface area contributed by atoms with Gasteiger partial charge >= 0.3 is 12.1 Å². The lowest BCUT2D eigenvalue weighted by molar-refractivity contribution is -0.192. The lowest BCUT2D eigenvalue weighted by atomic mass is 10.1. The van der Waals surface area contributed by atoms with Crippen LogP contribution < -0.4 is 0 Å². The van der Waals surface area contributed by atoms with Gasteiger partial charge in [-0.1, -0.05) is 18.2 Å². The third-order valence-corrected chi connectivity index (χ3v) is 4.30. The molecule has 1 aliphatic heterocycles.